The molecule has 3 aromatic rings. The highest BCUT2D eigenvalue weighted by atomic mass is 35.5. The van der Waals surface area contributed by atoms with Gasteiger partial charge in [-0.15, -0.1) is 25.6 Å². The van der Waals surface area contributed by atoms with Gasteiger partial charge in [-0.1, -0.05) is 42.5 Å². The summed E-state index contributed by atoms with van der Waals surface area (Å²) >= 11 is 0. The number of rotatable bonds is 5. The fraction of sp³-hybridized carbons (Fsp3) is 0.100. The summed E-state index contributed by atoms with van der Waals surface area (Å²) in [6.45, 7) is 0. The molecular formula is C20H17ClF3NO2. The Labute approximate surface area is 160 Å². The number of nitrogens with two attached hydrogens (primary N) is 1. The van der Waals surface area contributed by atoms with Crippen LogP contribution in [0, 0.1) is 0 Å². The average molecular weight is 396 g/mol. The van der Waals surface area contributed by atoms with E-state index in [1.54, 1.807) is 12.1 Å². The summed E-state index contributed by atoms with van der Waals surface area (Å²) in [6, 6.07) is 21.6. The maximum atomic E-state index is 12.2. The van der Waals surface area contributed by atoms with Gasteiger partial charge in [-0.05, 0) is 47.5 Å². The van der Waals surface area contributed by atoms with Crippen LogP contribution in [-0.2, 0) is 0 Å². The Morgan fingerprint density at radius 3 is 1.59 bits per heavy atom. The highest BCUT2D eigenvalue weighted by molar-refractivity contribution is 5.85. The lowest BCUT2D eigenvalue weighted by Crippen LogP contribution is -2.17. The van der Waals surface area contributed by atoms with Crippen molar-refractivity contribution in [3.8, 4) is 17.2 Å². The van der Waals surface area contributed by atoms with Crippen molar-refractivity contribution in [3.63, 3.8) is 0 Å². The standard InChI is InChI=1S/C20H16F3NO2.ClH/c21-20(22,23)26-18-12-8-15(9-13-18)19(24)14-6-10-17(11-7-14)25-16-4-2-1-3-5-16;/h1-13,19H,24H2;1H/t19-;/m1./s1. The number of alkyl halides is 3. The van der Waals surface area contributed by atoms with E-state index in [4.69, 9.17) is 10.5 Å². The van der Waals surface area contributed by atoms with Crippen molar-refractivity contribution in [2.75, 3.05) is 0 Å². The number of para-hydroxylation sites is 1. The van der Waals surface area contributed by atoms with Gasteiger partial charge in [-0.2, -0.15) is 0 Å². The van der Waals surface area contributed by atoms with Gasteiger partial charge < -0.3 is 15.2 Å². The van der Waals surface area contributed by atoms with Crippen molar-refractivity contribution < 1.29 is 22.6 Å². The fourth-order valence-corrected chi connectivity index (χ4v) is 2.44. The Hall–Kier alpha value is -2.70. The number of hydrogen-bond acceptors (Lipinski definition) is 3. The minimum Gasteiger partial charge on any atom is -0.457 e. The van der Waals surface area contributed by atoms with E-state index in [0.717, 1.165) is 11.3 Å². The van der Waals surface area contributed by atoms with Gasteiger partial charge in [0.1, 0.15) is 17.2 Å². The van der Waals surface area contributed by atoms with Crippen LogP contribution in [0.25, 0.3) is 0 Å². The Kier molecular flexibility index (Phi) is 6.71. The maximum absolute atomic E-state index is 12.2. The van der Waals surface area contributed by atoms with Crippen LogP contribution in [0.15, 0.2) is 78.9 Å². The molecular weight excluding hydrogens is 379 g/mol. The molecule has 2 N–H and O–H groups in total. The zero-order chi connectivity index (χ0) is 18.6. The topological polar surface area (TPSA) is 44.5 Å². The van der Waals surface area contributed by atoms with Crippen molar-refractivity contribution in [3.05, 3.63) is 90.0 Å². The van der Waals surface area contributed by atoms with E-state index in [1.807, 2.05) is 42.5 Å². The van der Waals surface area contributed by atoms with E-state index in [1.165, 1.54) is 24.3 Å². The first-order chi connectivity index (χ1) is 12.4. The van der Waals surface area contributed by atoms with Crippen LogP contribution < -0.4 is 15.2 Å². The van der Waals surface area contributed by atoms with Crippen LogP contribution in [-0.4, -0.2) is 6.36 Å². The summed E-state index contributed by atoms with van der Waals surface area (Å²) in [5.74, 6) is 1.12. The molecule has 0 unspecified atom stereocenters. The number of ether oxygens (including phenoxy) is 2. The molecule has 0 saturated carbocycles. The molecule has 27 heavy (non-hydrogen) atoms. The third kappa shape index (κ3) is 5.91. The lowest BCUT2D eigenvalue weighted by Gasteiger charge is -2.15. The van der Waals surface area contributed by atoms with Gasteiger partial charge in [0.05, 0.1) is 6.04 Å². The monoisotopic (exact) mass is 395 g/mol. The Morgan fingerprint density at radius 1 is 0.667 bits per heavy atom. The van der Waals surface area contributed by atoms with Crippen LogP contribution in [0.3, 0.4) is 0 Å². The predicted molar refractivity (Wildman–Crippen MR) is 99.4 cm³/mol. The normalized spacial score (nSPS) is 12.0. The maximum Gasteiger partial charge on any atom is 0.573 e. The molecule has 0 aliphatic carbocycles. The van der Waals surface area contributed by atoms with Crippen LogP contribution in [0.2, 0.25) is 0 Å². The molecule has 0 aliphatic rings. The third-order valence-corrected chi connectivity index (χ3v) is 3.69. The summed E-state index contributed by atoms with van der Waals surface area (Å²) in [4.78, 5) is 0. The molecule has 0 amide bonds. The molecule has 0 spiro atoms. The number of hydrogen-bond donors (Lipinski definition) is 1. The molecule has 0 bridgehead atoms. The first kappa shape index (κ1) is 20.6. The van der Waals surface area contributed by atoms with Crippen molar-refractivity contribution in [2.45, 2.75) is 12.4 Å². The summed E-state index contributed by atoms with van der Waals surface area (Å²) in [5.41, 5.74) is 7.68. The van der Waals surface area contributed by atoms with E-state index in [0.29, 0.717) is 11.3 Å². The molecule has 0 radical (unpaired) electrons. The lowest BCUT2D eigenvalue weighted by molar-refractivity contribution is -0.274. The van der Waals surface area contributed by atoms with Gasteiger partial charge in [-0.25, -0.2) is 0 Å². The average Bonchev–Trinajstić information content (AvgIpc) is 2.62. The largest absolute Gasteiger partial charge is 0.573 e. The molecule has 0 heterocycles. The molecule has 3 nitrogen and oxygen atoms in total. The predicted octanol–water partition coefficient (Wildman–Crippen LogP) is 5.85. The molecule has 0 saturated heterocycles. The minimum absolute atomic E-state index is 0. The van der Waals surface area contributed by atoms with Crippen LogP contribution in [0.1, 0.15) is 17.2 Å². The molecule has 0 aliphatic heterocycles. The van der Waals surface area contributed by atoms with E-state index in [9.17, 15) is 13.2 Å². The van der Waals surface area contributed by atoms with E-state index < -0.39 is 12.4 Å². The smallest absolute Gasteiger partial charge is 0.457 e. The fourth-order valence-electron chi connectivity index (χ4n) is 2.44. The third-order valence-electron chi connectivity index (χ3n) is 3.69. The zero-order valence-electron chi connectivity index (χ0n) is 14.0. The second kappa shape index (κ2) is 8.79. The second-order valence-electron chi connectivity index (χ2n) is 5.58. The first-order valence-electron chi connectivity index (χ1n) is 7.85. The van der Waals surface area contributed by atoms with Crippen molar-refractivity contribution >= 4 is 12.4 Å². The number of halogens is 4. The SMILES string of the molecule is Cl.N[C@H](c1ccc(Oc2ccccc2)cc1)c1ccc(OC(F)(F)F)cc1. The highest BCUT2D eigenvalue weighted by Crippen LogP contribution is 2.28. The Bertz CT molecular complexity index is 838. The second-order valence-corrected chi connectivity index (χ2v) is 5.58. The van der Waals surface area contributed by atoms with E-state index in [2.05, 4.69) is 4.74 Å². The highest BCUT2D eigenvalue weighted by Gasteiger charge is 2.31. The van der Waals surface area contributed by atoms with E-state index in [-0.39, 0.29) is 18.2 Å². The van der Waals surface area contributed by atoms with E-state index >= 15 is 0 Å². The summed E-state index contributed by atoms with van der Waals surface area (Å²) < 4.78 is 46.2. The van der Waals surface area contributed by atoms with Crippen LogP contribution in [0.4, 0.5) is 13.2 Å². The Balaban J connectivity index is 0.00000261. The minimum atomic E-state index is -4.71. The van der Waals surface area contributed by atoms with Crippen LogP contribution >= 0.6 is 12.4 Å². The van der Waals surface area contributed by atoms with Crippen molar-refractivity contribution in [1.82, 2.24) is 0 Å². The number of benzene rings is 3. The summed E-state index contributed by atoms with van der Waals surface area (Å²) in [5, 5.41) is 0. The van der Waals surface area contributed by atoms with Crippen molar-refractivity contribution in [1.29, 1.82) is 0 Å². The van der Waals surface area contributed by atoms with Crippen LogP contribution in [0.5, 0.6) is 17.2 Å². The van der Waals surface area contributed by atoms with Gasteiger partial charge in [0, 0.05) is 0 Å². The van der Waals surface area contributed by atoms with Gasteiger partial charge in [0.15, 0.2) is 0 Å². The molecule has 1 atom stereocenters. The van der Waals surface area contributed by atoms with Gasteiger partial charge in [-0.3, -0.25) is 0 Å². The molecule has 3 rings (SSSR count). The molecule has 0 aromatic heterocycles. The Morgan fingerprint density at radius 2 is 1.11 bits per heavy atom. The lowest BCUT2D eigenvalue weighted by atomic mass is 9.99. The first-order valence-corrected chi connectivity index (χ1v) is 7.85. The van der Waals surface area contributed by atoms with Gasteiger partial charge in [0.25, 0.3) is 0 Å². The zero-order valence-corrected chi connectivity index (χ0v) is 14.8. The molecule has 0 fully saturated rings. The summed E-state index contributed by atoms with van der Waals surface area (Å²) in [7, 11) is 0. The molecule has 142 valence electrons. The summed E-state index contributed by atoms with van der Waals surface area (Å²) in [6.07, 6.45) is -4.71. The van der Waals surface area contributed by atoms with Gasteiger partial charge >= 0.3 is 6.36 Å². The molecule has 7 heteroatoms. The molecule has 3 aromatic carbocycles. The van der Waals surface area contributed by atoms with Gasteiger partial charge in [0.2, 0.25) is 0 Å². The van der Waals surface area contributed by atoms with Crippen molar-refractivity contribution in [2.24, 2.45) is 5.73 Å². The quantitative estimate of drug-likeness (QED) is 0.589.